The Morgan fingerprint density at radius 2 is 1.61 bits per heavy atom. The zero-order chi connectivity index (χ0) is 25.9. The van der Waals surface area contributed by atoms with Crippen LogP contribution in [-0.2, 0) is 0 Å². The van der Waals surface area contributed by atoms with Crippen molar-refractivity contribution in [2.24, 2.45) is 46.3 Å². The second-order valence-corrected chi connectivity index (χ2v) is 13.2. The van der Waals surface area contributed by atoms with Crippen LogP contribution in [0.1, 0.15) is 84.1 Å². The molecule has 1 aromatic rings. The van der Waals surface area contributed by atoms with Gasteiger partial charge in [-0.1, -0.05) is 63.3 Å². The van der Waals surface area contributed by atoms with Crippen LogP contribution in [0, 0.1) is 46.3 Å². The molecule has 0 spiro atoms. The summed E-state index contributed by atoms with van der Waals surface area (Å²) in [5, 5.41) is 21.5. The number of hydrogen-bond donors (Lipinski definition) is 2. The molecule has 2 N–H and O–H groups in total. The summed E-state index contributed by atoms with van der Waals surface area (Å²) in [6.45, 7) is 6.87. The van der Waals surface area contributed by atoms with Crippen LogP contribution in [0.4, 0.5) is 13.2 Å². The minimum Gasteiger partial charge on any atom is -0.389 e. The van der Waals surface area contributed by atoms with Gasteiger partial charge in [-0.15, -0.1) is 0 Å². The molecule has 10 atom stereocenters. The van der Waals surface area contributed by atoms with Crippen molar-refractivity contribution in [2.45, 2.75) is 96.4 Å². The van der Waals surface area contributed by atoms with E-state index in [1.54, 1.807) is 0 Å². The van der Waals surface area contributed by atoms with E-state index in [2.05, 4.69) is 20.8 Å². The molecule has 4 aliphatic carbocycles. The summed E-state index contributed by atoms with van der Waals surface area (Å²) in [5.41, 5.74) is -1.35. The Morgan fingerprint density at radius 3 is 2.31 bits per heavy atom. The van der Waals surface area contributed by atoms with E-state index in [0.29, 0.717) is 30.1 Å². The van der Waals surface area contributed by atoms with E-state index >= 15 is 0 Å². The summed E-state index contributed by atoms with van der Waals surface area (Å²) in [6, 6.07) is 10.1. The molecule has 36 heavy (non-hydrogen) atoms. The lowest BCUT2D eigenvalue weighted by Gasteiger charge is -2.62. The monoisotopic (exact) mass is 504 g/mol. The van der Waals surface area contributed by atoms with E-state index in [1.165, 1.54) is 0 Å². The van der Waals surface area contributed by atoms with Gasteiger partial charge in [0.1, 0.15) is 0 Å². The first-order valence-electron chi connectivity index (χ1n) is 14.1. The highest BCUT2D eigenvalue weighted by Crippen LogP contribution is 2.69. The molecule has 0 radical (unpaired) electrons. The SMILES string of the molecule is C[C@@H]([C@H]1CC[C@H]2[C@@H]3CC[C@H]4C[C@](O)(C(F)(F)F)CC[C@]4(C)[C@H]3CC[C@]12C)[C@@H](O)/C=C/c1ccccc1. The van der Waals surface area contributed by atoms with Gasteiger partial charge in [0.25, 0.3) is 0 Å². The fourth-order valence-electron chi connectivity index (χ4n) is 9.59. The highest BCUT2D eigenvalue weighted by atomic mass is 19.4. The van der Waals surface area contributed by atoms with Crippen molar-refractivity contribution >= 4 is 6.08 Å². The molecule has 0 aliphatic heterocycles. The van der Waals surface area contributed by atoms with Crippen molar-refractivity contribution in [1.82, 2.24) is 0 Å². The molecule has 0 amide bonds. The van der Waals surface area contributed by atoms with E-state index in [1.807, 2.05) is 42.5 Å². The number of rotatable bonds is 4. The van der Waals surface area contributed by atoms with Crippen LogP contribution in [-0.4, -0.2) is 28.1 Å². The van der Waals surface area contributed by atoms with E-state index in [0.717, 1.165) is 44.1 Å². The standard InChI is InChI=1S/C31H43F3O2/c1-20(27(35)14-9-21-7-5-4-6-8-21)24-12-13-25-23-11-10-22-19-30(36,31(32,33)34)18-17-28(22,2)26(23)15-16-29(24,25)3/h4-9,14,20,22-27,35-36H,10-13,15-19H2,1-3H3/b14-9+/t20-,22-,23-,24+,25-,26-,27-,28-,29+,30-/m0/s1. The van der Waals surface area contributed by atoms with Gasteiger partial charge >= 0.3 is 6.18 Å². The summed E-state index contributed by atoms with van der Waals surface area (Å²) in [5.74, 6) is 2.14. The Balaban J connectivity index is 1.30. The number of aliphatic hydroxyl groups is 2. The Bertz CT molecular complexity index is 960. The topological polar surface area (TPSA) is 40.5 Å². The molecule has 4 saturated carbocycles. The third-order valence-electron chi connectivity index (χ3n) is 11.8. The van der Waals surface area contributed by atoms with E-state index < -0.39 is 17.9 Å². The summed E-state index contributed by atoms with van der Waals surface area (Å²) < 4.78 is 40.9. The molecule has 200 valence electrons. The average Bonchev–Trinajstić information content (AvgIpc) is 3.19. The quantitative estimate of drug-likeness (QED) is 0.442. The Hall–Kier alpha value is -1.33. The van der Waals surface area contributed by atoms with Crippen LogP contribution in [0.25, 0.3) is 6.08 Å². The molecule has 0 saturated heterocycles. The summed E-state index contributed by atoms with van der Waals surface area (Å²) in [7, 11) is 0. The lowest BCUT2D eigenvalue weighted by atomic mass is 9.43. The van der Waals surface area contributed by atoms with Crippen LogP contribution < -0.4 is 0 Å². The van der Waals surface area contributed by atoms with E-state index in [-0.39, 0.29) is 35.5 Å². The zero-order valence-electron chi connectivity index (χ0n) is 22.0. The average molecular weight is 505 g/mol. The molecule has 0 unspecified atom stereocenters. The third-order valence-corrected chi connectivity index (χ3v) is 11.8. The van der Waals surface area contributed by atoms with E-state index in [4.69, 9.17) is 0 Å². The van der Waals surface area contributed by atoms with Crippen molar-refractivity contribution in [3.63, 3.8) is 0 Å². The van der Waals surface area contributed by atoms with Gasteiger partial charge in [-0.25, -0.2) is 0 Å². The largest absolute Gasteiger partial charge is 0.417 e. The lowest BCUT2D eigenvalue weighted by Crippen LogP contribution is -2.59. The van der Waals surface area contributed by atoms with Crippen LogP contribution >= 0.6 is 0 Å². The fourth-order valence-corrected chi connectivity index (χ4v) is 9.59. The first kappa shape index (κ1) is 26.3. The van der Waals surface area contributed by atoms with Crippen molar-refractivity contribution < 1.29 is 23.4 Å². The van der Waals surface area contributed by atoms with Gasteiger partial charge < -0.3 is 10.2 Å². The Labute approximate surface area is 214 Å². The Morgan fingerprint density at radius 1 is 0.917 bits per heavy atom. The third kappa shape index (κ3) is 4.17. The van der Waals surface area contributed by atoms with Crippen molar-refractivity contribution in [3.8, 4) is 0 Å². The van der Waals surface area contributed by atoms with Crippen LogP contribution in [0.2, 0.25) is 0 Å². The van der Waals surface area contributed by atoms with Crippen LogP contribution in [0.3, 0.4) is 0 Å². The lowest BCUT2D eigenvalue weighted by molar-refractivity contribution is -0.290. The summed E-state index contributed by atoms with van der Waals surface area (Å²) in [6.07, 6.45) is 5.33. The van der Waals surface area contributed by atoms with Crippen molar-refractivity contribution in [2.75, 3.05) is 0 Å². The van der Waals surface area contributed by atoms with Gasteiger partial charge in [0.05, 0.1) is 6.10 Å². The maximum absolute atomic E-state index is 13.6. The number of hydrogen-bond acceptors (Lipinski definition) is 2. The Kier molecular flexibility index (Phi) is 6.68. The minimum atomic E-state index is -4.54. The second-order valence-electron chi connectivity index (χ2n) is 13.2. The fraction of sp³-hybridized carbons (Fsp3) is 0.742. The van der Waals surface area contributed by atoms with Crippen molar-refractivity contribution in [1.29, 1.82) is 0 Å². The van der Waals surface area contributed by atoms with Gasteiger partial charge in [-0.3, -0.25) is 0 Å². The zero-order valence-corrected chi connectivity index (χ0v) is 22.0. The van der Waals surface area contributed by atoms with E-state index in [9.17, 15) is 23.4 Å². The molecule has 1 aromatic carbocycles. The second kappa shape index (κ2) is 9.15. The molecule has 4 fully saturated rings. The number of fused-ring (bicyclic) bond motifs is 5. The highest BCUT2D eigenvalue weighted by Gasteiger charge is 2.65. The van der Waals surface area contributed by atoms with Gasteiger partial charge in [-0.05, 0) is 110 Å². The number of aliphatic hydroxyl groups excluding tert-OH is 1. The normalized spacial score (nSPS) is 44.5. The molecule has 0 bridgehead atoms. The highest BCUT2D eigenvalue weighted by molar-refractivity contribution is 5.49. The number of benzene rings is 1. The number of halogens is 3. The molecule has 0 heterocycles. The van der Waals surface area contributed by atoms with Gasteiger partial charge in [0.2, 0.25) is 0 Å². The van der Waals surface area contributed by atoms with Crippen LogP contribution in [0.5, 0.6) is 0 Å². The summed E-state index contributed by atoms with van der Waals surface area (Å²) in [4.78, 5) is 0. The summed E-state index contributed by atoms with van der Waals surface area (Å²) >= 11 is 0. The molecule has 5 heteroatoms. The maximum Gasteiger partial charge on any atom is 0.417 e. The number of alkyl halides is 3. The predicted molar refractivity (Wildman–Crippen MR) is 137 cm³/mol. The van der Waals surface area contributed by atoms with Gasteiger partial charge in [0, 0.05) is 0 Å². The first-order valence-corrected chi connectivity index (χ1v) is 14.1. The molecule has 0 aromatic heterocycles. The predicted octanol–water partition coefficient (Wildman–Crippen LogP) is 7.65. The van der Waals surface area contributed by atoms with Crippen LogP contribution in [0.15, 0.2) is 36.4 Å². The minimum absolute atomic E-state index is 0.0513. The van der Waals surface area contributed by atoms with Crippen molar-refractivity contribution in [3.05, 3.63) is 42.0 Å². The first-order chi connectivity index (χ1) is 16.9. The molecule has 4 aliphatic rings. The van der Waals surface area contributed by atoms with Gasteiger partial charge in [-0.2, -0.15) is 13.2 Å². The molecule has 5 rings (SSSR count). The molecular formula is C31H43F3O2. The molecular weight excluding hydrogens is 461 g/mol. The molecule has 2 nitrogen and oxygen atoms in total. The maximum atomic E-state index is 13.6. The van der Waals surface area contributed by atoms with Gasteiger partial charge in [0.15, 0.2) is 5.60 Å². The smallest absolute Gasteiger partial charge is 0.389 e.